The molecule has 1 aromatic heterocycles. The van der Waals surface area contributed by atoms with Crippen molar-refractivity contribution in [1.82, 2.24) is 4.90 Å². The molecule has 4 heteroatoms. The molecule has 0 radical (unpaired) electrons. The van der Waals surface area contributed by atoms with E-state index in [1.807, 2.05) is 0 Å². The molecule has 1 N–H and O–H groups in total. The minimum absolute atomic E-state index is 0.119. The van der Waals surface area contributed by atoms with Gasteiger partial charge in [0.25, 0.3) is 0 Å². The van der Waals surface area contributed by atoms with Gasteiger partial charge in [-0.25, -0.2) is 0 Å². The van der Waals surface area contributed by atoms with Crippen LogP contribution in [0.2, 0.25) is 0 Å². The van der Waals surface area contributed by atoms with Crippen LogP contribution in [-0.4, -0.2) is 29.2 Å². The summed E-state index contributed by atoms with van der Waals surface area (Å²) in [5, 5.41) is 19.4. The predicted octanol–water partition coefficient (Wildman–Crippen LogP) is 2.36. The summed E-state index contributed by atoms with van der Waals surface area (Å²) in [5.41, 5.74) is 1.03. The van der Waals surface area contributed by atoms with E-state index in [0.717, 1.165) is 18.7 Å². The van der Waals surface area contributed by atoms with Gasteiger partial charge in [-0.05, 0) is 18.9 Å². The van der Waals surface area contributed by atoms with Crippen molar-refractivity contribution in [2.24, 2.45) is 0 Å². The first-order valence-electron chi connectivity index (χ1n) is 6.61. The van der Waals surface area contributed by atoms with Crippen molar-refractivity contribution in [2.45, 2.75) is 38.3 Å². The molecule has 19 heavy (non-hydrogen) atoms. The molecule has 0 unspecified atom stereocenters. The molecule has 0 saturated heterocycles. The first-order valence-corrected chi connectivity index (χ1v) is 7.49. The van der Waals surface area contributed by atoms with Crippen molar-refractivity contribution < 1.29 is 5.11 Å². The Hall–Kier alpha value is -1.33. The van der Waals surface area contributed by atoms with Crippen LogP contribution in [0.3, 0.4) is 0 Å². The van der Waals surface area contributed by atoms with Crippen LogP contribution in [0, 0.1) is 23.2 Å². The Morgan fingerprint density at radius 3 is 2.95 bits per heavy atom. The maximum Gasteiger partial charge on any atom is 0.0635 e. The van der Waals surface area contributed by atoms with Gasteiger partial charge in [-0.1, -0.05) is 11.8 Å². The fourth-order valence-corrected chi connectivity index (χ4v) is 2.81. The molecule has 1 fully saturated rings. The van der Waals surface area contributed by atoms with Crippen LogP contribution in [-0.2, 0) is 6.54 Å². The summed E-state index contributed by atoms with van der Waals surface area (Å²) in [4.78, 5) is 3.71. The van der Waals surface area contributed by atoms with Gasteiger partial charge < -0.3 is 5.11 Å². The molecule has 2 rings (SSSR count). The number of hydrogen-bond donors (Lipinski definition) is 1. The van der Waals surface area contributed by atoms with Crippen LogP contribution in [0.25, 0.3) is 0 Å². The lowest BCUT2D eigenvalue weighted by molar-refractivity contribution is 0.263. The minimum Gasteiger partial charge on any atom is -0.395 e. The van der Waals surface area contributed by atoms with Gasteiger partial charge in [-0.3, -0.25) is 4.90 Å². The monoisotopic (exact) mass is 274 g/mol. The van der Waals surface area contributed by atoms with Gasteiger partial charge >= 0.3 is 0 Å². The van der Waals surface area contributed by atoms with E-state index in [0.29, 0.717) is 18.9 Å². The highest BCUT2D eigenvalue weighted by Crippen LogP contribution is 2.29. The summed E-state index contributed by atoms with van der Waals surface area (Å²) in [5.74, 6) is 5.99. The van der Waals surface area contributed by atoms with Gasteiger partial charge in [-0.2, -0.15) is 5.26 Å². The number of hydrogen-bond acceptors (Lipinski definition) is 4. The topological polar surface area (TPSA) is 47.3 Å². The van der Waals surface area contributed by atoms with Crippen LogP contribution >= 0.6 is 11.3 Å². The van der Waals surface area contributed by atoms with Gasteiger partial charge in [0.15, 0.2) is 0 Å². The van der Waals surface area contributed by atoms with Crippen molar-refractivity contribution >= 4 is 11.3 Å². The minimum atomic E-state index is 0.119. The number of aliphatic hydroxyl groups is 1. The molecule has 0 amide bonds. The Balaban J connectivity index is 1.91. The largest absolute Gasteiger partial charge is 0.395 e. The SMILES string of the molecule is N#CCCN(Cc1cc(C#CCCO)cs1)C1CC1. The zero-order chi connectivity index (χ0) is 13.5. The zero-order valence-corrected chi connectivity index (χ0v) is 11.7. The van der Waals surface area contributed by atoms with Crippen molar-refractivity contribution in [2.75, 3.05) is 13.2 Å². The quantitative estimate of drug-likeness (QED) is 0.810. The van der Waals surface area contributed by atoms with Gasteiger partial charge in [0.1, 0.15) is 0 Å². The molecule has 0 aromatic carbocycles. The highest BCUT2D eigenvalue weighted by molar-refractivity contribution is 7.10. The van der Waals surface area contributed by atoms with E-state index in [1.165, 1.54) is 17.7 Å². The third kappa shape index (κ3) is 4.69. The molecule has 1 aromatic rings. The summed E-state index contributed by atoms with van der Waals surface area (Å²) < 4.78 is 0. The Morgan fingerprint density at radius 2 is 2.26 bits per heavy atom. The summed E-state index contributed by atoms with van der Waals surface area (Å²) >= 11 is 1.72. The lowest BCUT2D eigenvalue weighted by Crippen LogP contribution is -2.26. The first kappa shape index (κ1) is 14.1. The molecule has 1 saturated carbocycles. The van der Waals surface area contributed by atoms with Crippen LogP contribution in [0.5, 0.6) is 0 Å². The number of nitrogens with zero attached hydrogens (tertiary/aromatic N) is 2. The molecule has 1 heterocycles. The molecule has 3 nitrogen and oxygen atoms in total. The van der Waals surface area contributed by atoms with E-state index in [9.17, 15) is 0 Å². The summed E-state index contributed by atoms with van der Waals surface area (Å²) in [6.45, 7) is 1.91. The third-order valence-electron chi connectivity index (χ3n) is 3.06. The summed E-state index contributed by atoms with van der Waals surface area (Å²) in [6, 6.07) is 5.02. The zero-order valence-electron chi connectivity index (χ0n) is 10.9. The van der Waals surface area contributed by atoms with E-state index < -0.39 is 0 Å². The fourth-order valence-electron chi connectivity index (χ4n) is 1.97. The average Bonchev–Trinajstić information content (AvgIpc) is 3.17. The number of thiophene rings is 1. The van der Waals surface area contributed by atoms with Gasteiger partial charge in [-0.15, -0.1) is 11.3 Å². The molecule has 100 valence electrons. The van der Waals surface area contributed by atoms with Crippen LogP contribution in [0.1, 0.15) is 36.1 Å². The van der Waals surface area contributed by atoms with Crippen molar-refractivity contribution in [1.29, 1.82) is 5.26 Å². The number of aliphatic hydroxyl groups excluding tert-OH is 1. The van der Waals surface area contributed by atoms with Crippen LogP contribution in [0.4, 0.5) is 0 Å². The lowest BCUT2D eigenvalue weighted by Gasteiger charge is -2.19. The van der Waals surface area contributed by atoms with Crippen molar-refractivity contribution in [3.8, 4) is 17.9 Å². The Morgan fingerprint density at radius 1 is 1.42 bits per heavy atom. The molecular weight excluding hydrogens is 256 g/mol. The van der Waals surface area contributed by atoms with E-state index >= 15 is 0 Å². The second kappa shape index (κ2) is 7.31. The summed E-state index contributed by atoms with van der Waals surface area (Å²) in [6.07, 6.45) is 3.66. The highest BCUT2D eigenvalue weighted by Gasteiger charge is 2.28. The fraction of sp³-hybridized carbons (Fsp3) is 0.533. The first-order chi connectivity index (χ1) is 9.33. The van der Waals surface area contributed by atoms with Gasteiger partial charge in [0.05, 0.1) is 12.7 Å². The molecular formula is C15H18N2OS. The molecule has 1 aliphatic carbocycles. The normalized spacial score (nSPS) is 13.9. The smallest absolute Gasteiger partial charge is 0.0635 e. The molecule has 0 spiro atoms. The Kier molecular flexibility index (Phi) is 5.42. The van der Waals surface area contributed by atoms with E-state index in [1.54, 1.807) is 11.3 Å². The number of rotatable bonds is 6. The molecule has 1 aliphatic rings. The maximum atomic E-state index is 8.70. The van der Waals surface area contributed by atoms with E-state index in [4.69, 9.17) is 10.4 Å². The van der Waals surface area contributed by atoms with Crippen molar-refractivity contribution in [3.05, 3.63) is 21.9 Å². The van der Waals surface area contributed by atoms with Gasteiger partial charge in [0.2, 0.25) is 0 Å². The molecule has 0 aliphatic heterocycles. The van der Waals surface area contributed by atoms with E-state index in [-0.39, 0.29) is 6.61 Å². The van der Waals surface area contributed by atoms with Crippen LogP contribution in [0.15, 0.2) is 11.4 Å². The Labute approximate surface area is 118 Å². The maximum absolute atomic E-state index is 8.70. The second-order valence-electron chi connectivity index (χ2n) is 4.69. The predicted molar refractivity (Wildman–Crippen MR) is 76.6 cm³/mol. The van der Waals surface area contributed by atoms with Crippen molar-refractivity contribution in [3.63, 3.8) is 0 Å². The Bertz CT molecular complexity index is 502. The number of nitriles is 1. The van der Waals surface area contributed by atoms with Gasteiger partial charge in [0, 0.05) is 47.8 Å². The second-order valence-corrected chi connectivity index (χ2v) is 5.68. The molecule has 0 bridgehead atoms. The lowest BCUT2D eigenvalue weighted by atomic mass is 10.3. The van der Waals surface area contributed by atoms with Crippen LogP contribution < -0.4 is 0 Å². The summed E-state index contributed by atoms with van der Waals surface area (Å²) in [7, 11) is 0. The molecule has 0 atom stereocenters. The van der Waals surface area contributed by atoms with E-state index in [2.05, 4.69) is 34.3 Å². The third-order valence-corrected chi connectivity index (χ3v) is 3.98. The highest BCUT2D eigenvalue weighted by atomic mass is 32.1. The average molecular weight is 274 g/mol. The standard InChI is InChI=1S/C15H18N2OS/c16-7-3-8-17(14-5-6-14)11-15-10-13(12-19-15)4-1-2-9-18/h10,12,14,18H,2-3,5-6,8-9,11H2.